The molecular weight excluding hydrogens is 510 g/mol. The molecule has 0 heterocycles. The van der Waals surface area contributed by atoms with Crippen molar-refractivity contribution in [2.45, 2.75) is 23.7 Å². The van der Waals surface area contributed by atoms with Gasteiger partial charge >= 0.3 is 12.4 Å². The fraction of sp³-hybridized carbons (Fsp3) is 0.208. The smallest absolute Gasteiger partial charge is 0.325 e. The fourth-order valence-electron chi connectivity index (χ4n) is 3.31. The molecular formula is C24H20F6N2O3S. The number of amides is 1. The van der Waals surface area contributed by atoms with Crippen molar-refractivity contribution in [3.8, 4) is 0 Å². The average Bonchev–Trinajstić information content (AvgIpc) is 2.81. The Morgan fingerprint density at radius 1 is 0.778 bits per heavy atom. The summed E-state index contributed by atoms with van der Waals surface area (Å²) < 4.78 is 106. The minimum atomic E-state index is -5.10. The van der Waals surface area contributed by atoms with Gasteiger partial charge in [-0.1, -0.05) is 48.5 Å². The number of benzene rings is 3. The molecule has 0 aliphatic carbocycles. The van der Waals surface area contributed by atoms with Crippen LogP contribution >= 0.6 is 0 Å². The van der Waals surface area contributed by atoms with Crippen LogP contribution in [0.2, 0.25) is 0 Å². The number of hydrogen-bond donors (Lipinski definition) is 1. The monoisotopic (exact) mass is 530 g/mol. The molecule has 0 saturated heterocycles. The number of hydrogen-bond acceptors (Lipinski definition) is 3. The van der Waals surface area contributed by atoms with Crippen LogP contribution in [-0.2, 0) is 33.6 Å². The summed E-state index contributed by atoms with van der Waals surface area (Å²) >= 11 is 0. The maximum absolute atomic E-state index is 13.2. The van der Waals surface area contributed by atoms with Crippen LogP contribution < -0.4 is 5.32 Å². The quantitative estimate of drug-likeness (QED) is 0.386. The molecule has 36 heavy (non-hydrogen) atoms. The first-order valence-corrected chi connectivity index (χ1v) is 11.9. The SMILES string of the molecule is O=C(CN(CCc1ccccc1)S(=O)(=O)c1ccccc1)Nc1cc(C(F)(F)F)cc(C(F)(F)F)c1. The van der Waals surface area contributed by atoms with E-state index < -0.39 is 51.6 Å². The van der Waals surface area contributed by atoms with Gasteiger partial charge < -0.3 is 5.32 Å². The van der Waals surface area contributed by atoms with Gasteiger partial charge in [-0.05, 0) is 42.3 Å². The third-order valence-corrected chi connectivity index (χ3v) is 6.92. The lowest BCUT2D eigenvalue weighted by Crippen LogP contribution is -2.39. The van der Waals surface area contributed by atoms with Crippen LogP contribution in [0.3, 0.4) is 0 Å². The molecule has 3 aromatic carbocycles. The summed E-state index contributed by atoms with van der Waals surface area (Å²) in [5.41, 5.74) is -3.21. The van der Waals surface area contributed by atoms with E-state index >= 15 is 0 Å². The Hall–Kier alpha value is -3.38. The van der Waals surface area contributed by atoms with Gasteiger partial charge in [0, 0.05) is 12.2 Å². The minimum absolute atomic E-state index is 0.0678. The van der Waals surface area contributed by atoms with Gasteiger partial charge in [-0.3, -0.25) is 4.79 Å². The van der Waals surface area contributed by atoms with Crippen LogP contribution in [0.4, 0.5) is 32.0 Å². The van der Waals surface area contributed by atoms with E-state index in [0.29, 0.717) is 12.1 Å². The number of halogens is 6. The fourth-order valence-corrected chi connectivity index (χ4v) is 4.73. The number of carbonyl (C=O) groups is 1. The second-order valence-electron chi connectivity index (χ2n) is 7.73. The molecule has 0 unspecified atom stereocenters. The molecule has 192 valence electrons. The van der Waals surface area contributed by atoms with E-state index in [1.165, 1.54) is 24.3 Å². The second-order valence-corrected chi connectivity index (χ2v) is 9.67. The molecule has 0 fully saturated rings. The van der Waals surface area contributed by atoms with Crippen molar-refractivity contribution in [3.63, 3.8) is 0 Å². The average molecular weight is 530 g/mol. The minimum Gasteiger partial charge on any atom is -0.325 e. The molecule has 1 N–H and O–H groups in total. The Bertz CT molecular complexity index is 1260. The van der Waals surface area contributed by atoms with Crippen molar-refractivity contribution < 1.29 is 39.6 Å². The van der Waals surface area contributed by atoms with Gasteiger partial charge in [0.25, 0.3) is 0 Å². The standard InChI is InChI=1S/C24H20F6N2O3S/c25-23(26,27)18-13-19(24(28,29)30)15-20(14-18)31-22(33)16-32(12-11-17-7-3-1-4-8-17)36(34,35)21-9-5-2-6-10-21/h1-10,13-15H,11-12,16H2,(H,31,33). The van der Waals surface area contributed by atoms with Crippen LogP contribution in [0, 0.1) is 0 Å². The molecule has 3 aromatic rings. The highest BCUT2D eigenvalue weighted by Crippen LogP contribution is 2.37. The van der Waals surface area contributed by atoms with Crippen LogP contribution in [0.1, 0.15) is 16.7 Å². The maximum Gasteiger partial charge on any atom is 0.416 e. The van der Waals surface area contributed by atoms with Crippen molar-refractivity contribution in [2.24, 2.45) is 0 Å². The number of sulfonamides is 1. The van der Waals surface area contributed by atoms with E-state index in [4.69, 9.17) is 0 Å². The van der Waals surface area contributed by atoms with Gasteiger partial charge in [0.05, 0.1) is 22.6 Å². The van der Waals surface area contributed by atoms with Gasteiger partial charge in [-0.25, -0.2) is 8.42 Å². The highest BCUT2D eigenvalue weighted by atomic mass is 32.2. The summed E-state index contributed by atoms with van der Waals surface area (Å²) in [7, 11) is -4.21. The molecule has 0 saturated carbocycles. The molecule has 12 heteroatoms. The van der Waals surface area contributed by atoms with Crippen LogP contribution in [0.25, 0.3) is 0 Å². The summed E-state index contributed by atoms with van der Waals surface area (Å²) in [5, 5.41) is 1.97. The van der Waals surface area contributed by atoms with E-state index in [0.717, 1.165) is 9.87 Å². The van der Waals surface area contributed by atoms with Crippen LogP contribution in [0.15, 0.2) is 83.8 Å². The number of carbonyl (C=O) groups excluding carboxylic acids is 1. The van der Waals surface area contributed by atoms with Crippen LogP contribution in [0.5, 0.6) is 0 Å². The first-order valence-electron chi connectivity index (χ1n) is 10.5. The molecule has 3 rings (SSSR count). The van der Waals surface area contributed by atoms with Crippen LogP contribution in [-0.4, -0.2) is 31.7 Å². The predicted molar refractivity (Wildman–Crippen MR) is 120 cm³/mol. The molecule has 0 atom stereocenters. The Kier molecular flexibility index (Phi) is 8.09. The highest BCUT2D eigenvalue weighted by molar-refractivity contribution is 7.89. The lowest BCUT2D eigenvalue weighted by Gasteiger charge is -2.22. The van der Waals surface area contributed by atoms with Gasteiger partial charge in [-0.15, -0.1) is 0 Å². The molecule has 1 amide bonds. The Labute approximate surface area is 203 Å². The van der Waals surface area contributed by atoms with Crippen molar-refractivity contribution in [3.05, 3.63) is 95.6 Å². The van der Waals surface area contributed by atoms with E-state index in [2.05, 4.69) is 0 Å². The van der Waals surface area contributed by atoms with Gasteiger partial charge in [0.15, 0.2) is 0 Å². The first-order chi connectivity index (χ1) is 16.8. The Balaban J connectivity index is 1.88. The third kappa shape index (κ3) is 7.08. The van der Waals surface area contributed by atoms with Gasteiger partial charge in [0.1, 0.15) is 0 Å². The Morgan fingerprint density at radius 2 is 1.28 bits per heavy atom. The van der Waals surface area contributed by atoms with Gasteiger partial charge in [-0.2, -0.15) is 30.6 Å². The number of anilines is 1. The third-order valence-electron chi connectivity index (χ3n) is 5.07. The lowest BCUT2D eigenvalue weighted by molar-refractivity contribution is -0.143. The maximum atomic E-state index is 13.2. The van der Waals surface area contributed by atoms with E-state index in [-0.39, 0.29) is 23.9 Å². The summed E-state index contributed by atoms with van der Waals surface area (Å²) in [6.07, 6.45) is -9.99. The van der Waals surface area contributed by atoms with E-state index in [9.17, 15) is 39.6 Å². The molecule has 0 bridgehead atoms. The zero-order chi connectivity index (χ0) is 26.6. The largest absolute Gasteiger partial charge is 0.416 e. The predicted octanol–water partition coefficient (Wildman–Crippen LogP) is 5.60. The molecule has 0 radical (unpaired) electrons. The number of alkyl halides is 6. The summed E-state index contributed by atoms with van der Waals surface area (Å²) in [6.45, 7) is -0.993. The topological polar surface area (TPSA) is 66.5 Å². The highest BCUT2D eigenvalue weighted by Gasteiger charge is 2.37. The zero-order valence-corrected chi connectivity index (χ0v) is 19.3. The Morgan fingerprint density at radius 3 is 1.78 bits per heavy atom. The van der Waals surface area contributed by atoms with Crippen molar-refractivity contribution in [2.75, 3.05) is 18.4 Å². The lowest BCUT2D eigenvalue weighted by atomic mass is 10.1. The zero-order valence-electron chi connectivity index (χ0n) is 18.5. The molecule has 0 aliphatic heterocycles. The number of rotatable bonds is 8. The first kappa shape index (κ1) is 27.2. The van der Waals surface area contributed by atoms with Gasteiger partial charge in [0.2, 0.25) is 15.9 Å². The summed E-state index contributed by atoms with van der Waals surface area (Å²) in [5.74, 6) is -1.10. The normalized spacial score (nSPS) is 12.5. The van der Waals surface area contributed by atoms with Crippen molar-refractivity contribution in [1.82, 2.24) is 4.31 Å². The van der Waals surface area contributed by atoms with Crippen molar-refractivity contribution in [1.29, 1.82) is 0 Å². The van der Waals surface area contributed by atoms with E-state index in [1.807, 2.05) is 5.32 Å². The molecule has 0 aromatic heterocycles. The summed E-state index contributed by atoms with van der Waals surface area (Å²) in [4.78, 5) is 12.5. The number of nitrogens with one attached hydrogen (secondary N) is 1. The second kappa shape index (κ2) is 10.7. The molecule has 0 spiro atoms. The number of nitrogens with zero attached hydrogens (tertiary/aromatic N) is 1. The van der Waals surface area contributed by atoms with E-state index in [1.54, 1.807) is 36.4 Å². The van der Waals surface area contributed by atoms with Crippen molar-refractivity contribution >= 4 is 21.6 Å². The summed E-state index contributed by atoms with van der Waals surface area (Å²) in [6, 6.07) is 16.5. The molecule has 0 aliphatic rings. The molecule has 5 nitrogen and oxygen atoms in total.